The van der Waals surface area contributed by atoms with Gasteiger partial charge in [0.25, 0.3) is 0 Å². The molecule has 0 radical (unpaired) electrons. The number of rotatable bonds is 6. The van der Waals surface area contributed by atoms with E-state index in [-0.39, 0.29) is 6.54 Å². The Bertz CT molecular complexity index is 343. The average molecular weight is 241 g/mol. The van der Waals surface area contributed by atoms with E-state index < -0.39 is 6.10 Å². The number of aliphatic hydroxyl groups excluding tert-OH is 1. The number of aliphatic hydroxyl groups is 1. The van der Waals surface area contributed by atoms with Gasteiger partial charge in [0, 0.05) is 6.54 Å². The van der Waals surface area contributed by atoms with Crippen molar-refractivity contribution in [3.8, 4) is 17.2 Å². The first-order chi connectivity index (χ1) is 8.15. The SMILES string of the molecule is COc1cc(CC(O)CN)cc(OC)c1OC. The molecule has 3 N–H and O–H groups in total. The maximum atomic E-state index is 9.53. The molecule has 0 aliphatic heterocycles. The summed E-state index contributed by atoms with van der Waals surface area (Å²) in [6, 6.07) is 3.61. The molecule has 0 aliphatic carbocycles. The summed E-state index contributed by atoms with van der Waals surface area (Å²) in [6.07, 6.45) is -0.120. The third-order valence-corrected chi connectivity index (χ3v) is 2.47. The minimum atomic E-state index is -0.571. The standard InChI is InChI=1S/C12H19NO4/c1-15-10-5-8(4-9(14)7-13)6-11(16-2)12(10)17-3/h5-6,9,14H,4,7,13H2,1-3H3. The van der Waals surface area contributed by atoms with Gasteiger partial charge in [-0.05, 0) is 24.1 Å². The maximum Gasteiger partial charge on any atom is 0.203 e. The molecule has 1 unspecified atom stereocenters. The predicted molar refractivity (Wildman–Crippen MR) is 64.9 cm³/mol. The van der Waals surface area contributed by atoms with Crippen LogP contribution in [0.15, 0.2) is 12.1 Å². The van der Waals surface area contributed by atoms with E-state index in [1.807, 2.05) is 0 Å². The molecule has 1 aromatic rings. The van der Waals surface area contributed by atoms with Crippen molar-refractivity contribution < 1.29 is 19.3 Å². The summed E-state index contributed by atoms with van der Waals surface area (Å²) in [6.45, 7) is 0.219. The fraction of sp³-hybridized carbons (Fsp3) is 0.500. The Balaban J connectivity index is 3.08. The van der Waals surface area contributed by atoms with Gasteiger partial charge < -0.3 is 25.1 Å². The van der Waals surface area contributed by atoms with Gasteiger partial charge in [-0.1, -0.05) is 0 Å². The lowest BCUT2D eigenvalue weighted by Gasteiger charge is -2.15. The van der Waals surface area contributed by atoms with E-state index in [0.29, 0.717) is 23.7 Å². The fourth-order valence-electron chi connectivity index (χ4n) is 1.61. The summed E-state index contributed by atoms with van der Waals surface area (Å²) in [5, 5.41) is 9.53. The zero-order chi connectivity index (χ0) is 12.8. The van der Waals surface area contributed by atoms with Crippen LogP contribution >= 0.6 is 0 Å². The molecule has 0 aliphatic rings. The Morgan fingerprint density at radius 2 is 1.65 bits per heavy atom. The zero-order valence-electron chi connectivity index (χ0n) is 10.4. The van der Waals surface area contributed by atoms with E-state index >= 15 is 0 Å². The van der Waals surface area contributed by atoms with Crippen molar-refractivity contribution >= 4 is 0 Å². The average Bonchev–Trinajstić information content (AvgIpc) is 2.37. The molecule has 0 aromatic heterocycles. The van der Waals surface area contributed by atoms with Gasteiger partial charge in [-0.3, -0.25) is 0 Å². The molecular formula is C12H19NO4. The maximum absolute atomic E-state index is 9.53. The number of ether oxygens (including phenoxy) is 3. The van der Waals surface area contributed by atoms with Crippen LogP contribution in [0.25, 0.3) is 0 Å². The minimum absolute atomic E-state index is 0.219. The van der Waals surface area contributed by atoms with E-state index in [1.54, 1.807) is 33.5 Å². The molecule has 1 aromatic carbocycles. The van der Waals surface area contributed by atoms with E-state index in [0.717, 1.165) is 5.56 Å². The van der Waals surface area contributed by atoms with Crippen molar-refractivity contribution in [2.45, 2.75) is 12.5 Å². The molecule has 0 heterocycles. The van der Waals surface area contributed by atoms with E-state index in [2.05, 4.69) is 0 Å². The molecule has 0 saturated heterocycles. The molecule has 17 heavy (non-hydrogen) atoms. The Hall–Kier alpha value is -1.46. The lowest BCUT2D eigenvalue weighted by Crippen LogP contribution is -2.22. The Morgan fingerprint density at radius 3 is 2.00 bits per heavy atom. The minimum Gasteiger partial charge on any atom is -0.493 e. The number of methoxy groups -OCH3 is 3. The largest absolute Gasteiger partial charge is 0.493 e. The molecule has 0 saturated carbocycles. The lowest BCUT2D eigenvalue weighted by molar-refractivity contribution is 0.183. The van der Waals surface area contributed by atoms with Crippen molar-refractivity contribution in [2.24, 2.45) is 5.73 Å². The summed E-state index contributed by atoms with van der Waals surface area (Å²) in [4.78, 5) is 0. The lowest BCUT2D eigenvalue weighted by atomic mass is 10.1. The van der Waals surface area contributed by atoms with Crippen molar-refractivity contribution in [1.82, 2.24) is 0 Å². The number of hydrogen-bond donors (Lipinski definition) is 2. The van der Waals surface area contributed by atoms with Gasteiger partial charge in [0.05, 0.1) is 27.4 Å². The van der Waals surface area contributed by atoms with Crippen molar-refractivity contribution in [3.05, 3.63) is 17.7 Å². The second-order valence-electron chi connectivity index (χ2n) is 3.63. The number of benzene rings is 1. The van der Waals surface area contributed by atoms with Crippen LogP contribution in [-0.2, 0) is 6.42 Å². The molecule has 1 atom stereocenters. The highest BCUT2D eigenvalue weighted by Crippen LogP contribution is 2.38. The molecule has 1 rings (SSSR count). The summed E-state index contributed by atoms with van der Waals surface area (Å²) in [5.74, 6) is 1.69. The van der Waals surface area contributed by atoms with Crippen LogP contribution in [0.1, 0.15) is 5.56 Å². The van der Waals surface area contributed by atoms with Crippen LogP contribution in [0, 0.1) is 0 Å². The third-order valence-electron chi connectivity index (χ3n) is 2.47. The summed E-state index contributed by atoms with van der Waals surface area (Å²) >= 11 is 0. The molecule has 5 heteroatoms. The van der Waals surface area contributed by atoms with Crippen molar-refractivity contribution in [2.75, 3.05) is 27.9 Å². The Morgan fingerprint density at radius 1 is 1.12 bits per heavy atom. The van der Waals surface area contributed by atoms with E-state index in [4.69, 9.17) is 19.9 Å². The second-order valence-corrected chi connectivity index (χ2v) is 3.63. The molecule has 96 valence electrons. The molecule has 0 fully saturated rings. The second kappa shape index (κ2) is 6.32. The van der Waals surface area contributed by atoms with Gasteiger partial charge >= 0.3 is 0 Å². The summed E-state index contributed by atoms with van der Waals surface area (Å²) in [7, 11) is 4.66. The first kappa shape index (κ1) is 13.6. The normalized spacial score (nSPS) is 12.1. The Kier molecular flexibility index (Phi) is 5.06. The van der Waals surface area contributed by atoms with E-state index in [9.17, 15) is 5.11 Å². The molecule has 5 nitrogen and oxygen atoms in total. The quantitative estimate of drug-likeness (QED) is 0.762. The van der Waals surface area contributed by atoms with Crippen LogP contribution in [0.5, 0.6) is 17.2 Å². The van der Waals surface area contributed by atoms with Gasteiger partial charge in [-0.25, -0.2) is 0 Å². The zero-order valence-corrected chi connectivity index (χ0v) is 10.4. The highest BCUT2D eigenvalue weighted by Gasteiger charge is 2.14. The van der Waals surface area contributed by atoms with Crippen molar-refractivity contribution in [3.63, 3.8) is 0 Å². The topological polar surface area (TPSA) is 73.9 Å². The predicted octanol–water partition coefficient (Wildman–Crippen LogP) is 0.574. The molecule has 0 bridgehead atoms. The van der Waals surface area contributed by atoms with Crippen LogP contribution in [0.3, 0.4) is 0 Å². The Labute approximate surface area is 101 Å². The first-order valence-corrected chi connectivity index (χ1v) is 5.33. The van der Waals surface area contributed by atoms with Gasteiger partial charge in [0.2, 0.25) is 5.75 Å². The van der Waals surface area contributed by atoms with Gasteiger partial charge in [0.1, 0.15) is 0 Å². The van der Waals surface area contributed by atoms with Crippen LogP contribution in [-0.4, -0.2) is 39.1 Å². The number of nitrogens with two attached hydrogens (primary N) is 1. The third kappa shape index (κ3) is 3.25. The van der Waals surface area contributed by atoms with Crippen molar-refractivity contribution in [1.29, 1.82) is 0 Å². The van der Waals surface area contributed by atoms with Gasteiger partial charge in [-0.2, -0.15) is 0 Å². The van der Waals surface area contributed by atoms with Gasteiger partial charge in [-0.15, -0.1) is 0 Å². The summed E-state index contributed by atoms with van der Waals surface area (Å²) in [5.41, 5.74) is 6.27. The van der Waals surface area contributed by atoms with Crippen LogP contribution < -0.4 is 19.9 Å². The van der Waals surface area contributed by atoms with Crippen LogP contribution in [0.2, 0.25) is 0 Å². The molecule has 0 amide bonds. The van der Waals surface area contributed by atoms with E-state index in [1.165, 1.54) is 0 Å². The summed E-state index contributed by atoms with van der Waals surface area (Å²) < 4.78 is 15.6. The highest BCUT2D eigenvalue weighted by atomic mass is 16.5. The number of hydrogen-bond acceptors (Lipinski definition) is 5. The van der Waals surface area contributed by atoms with Crippen LogP contribution in [0.4, 0.5) is 0 Å². The fourth-order valence-corrected chi connectivity index (χ4v) is 1.61. The molecule has 0 spiro atoms. The molecular weight excluding hydrogens is 222 g/mol. The highest BCUT2D eigenvalue weighted by molar-refractivity contribution is 5.53. The first-order valence-electron chi connectivity index (χ1n) is 5.33. The smallest absolute Gasteiger partial charge is 0.203 e. The van der Waals surface area contributed by atoms with Gasteiger partial charge in [0.15, 0.2) is 11.5 Å². The monoisotopic (exact) mass is 241 g/mol.